The van der Waals surface area contributed by atoms with E-state index in [4.69, 9.17) is 4.74 Å². The molecular formula is C15H22N2O3. The summed E-state index contributed by atoms with van der Waals surface area (Å²) in [6.45, 7) is 2.66. The number of ether oxygens (including phenoxy) is 1. The molecule has 5 nitrogen and oxygen atoms in total. The first-order chi connectivity index (χ1) is 9.60. The number of esters is 1. The predicted molar refractivity (Wildman–Crippen MR) is 76.8 cm³/mol. The summed E-state index contributed by atoms with van der Waals surface area (Å²) < 4.78 is 4.70. The van der Waals surface area contributed by atoms with Crippen LogP contribution in [0.1, 0.15) is 41.7 Å². The van der Waals surface area contributed by atoms with Crippen molar-refractivity contribution in [3.63, 3.8) is 0 Å². The summed E-state index contributed by atoms with van der Waals surface area (Å²) in [5.41, 5.74) is 1.17. The molecule has 0 bridgehead atoms. The summed E-state index contributed by atoms with van der Waals surface area (Å²) in [6.07, 6.45) is 3.76. The molecule has 1 aromatic rings. The first-order valence-corrected chi connectivity index (χ1v) is 7.08. The Morgan fingerprint density at radius 1 is 1.40 bits per heavy atom. The van der Waals surface area contributed by atoms with Crippen molar-refractivity contribution in [2.45, 2.75) is 38.7 Å². The summed E-state index contributed by atoms with van der Waals surface area (Å²) >= 11 is 0. The van der Waals surface area contributed by atoms with Crippen LogP contribution in [-0.4, -0.2) is 35.8 Å². The highest BCUT2D eigenvalue weighted by atomic mass is 16.5. The van der Waals surface area contributed by atoms with Crippen LogP contribution in [0.2, 0.25) is 0 Å². The highest BCUT2D eigenvalue weighted by Gasteiger charge is 2.19. The number of aliphatic hydroxyl groups excluding tert-OH is 1. The summed E-state index contributed by atoms with van der Waals surface area (Å²) in [5, 5.41) is 12.8. The molecule has 0 aliphatic heterocycles. The number of carbonyl (C=O) groups is 1. The lowest BCUT2D eigenvalue weighted by Gasteiger charge is -2.25. The zero-order chi connectivity index (χ0) is 14.5. The Hall–Kier alpha value is -1.62. The second kappa shape index (κ2) is 6.70. The molecule has 0 unspecified atom stereocenters. The number of hydrogen-bond acceptors (Lipinski definition) is 5. The van der Waals surface area contributed by atoms with Gasteiger partial charge >= 0.3 is 5.97 Å². The van der Waals surface area contributed by atoms with Crippen LogP contribution < -0.4 is 5.32 Å². The van der Waals surface area contributed by atoms with Crippen LogP contribution in [0.25, 0.3) is 0 Å². The fraction of sp³-hybridized carbons (Fsp3) is 0.600. The molecule has 1 fully saturated rings. The van der Waals surface area contributed by atoms with Gasteiger partial charge in [-0.15, -0.1) is 0 Å². The molecular weight excluding hydrogens is 256 g/mol. The summed E-state index contributed by atoms with van der Waals surface area (Å²) in [6, 6.07) is 3.54. The van der Waals surface area contributed by atoms with E-state index in [1.165, 1.54) is 7.11 Å². The first-order valence-electron chi connectivity index (χ1n) is 7.08. The summed E-state index contributed by atoms with van der Waals surface area (Å²) in [5.74, 6) is 1.00. The van der Waals surface area contributed by atoms with Crippen LogP contribution in [0.3, 0.4) is 0 Å². The Morgan fingerprint density at radius 3 is 2.70 bits per heavy atom. The van der Waals surface area contributed by atoms with Crippen molar-refractivity contribution in [2.75, 3.05) is 19.0 Å². The molecule has 0 radical (unpaired) electrons. The number of aryl methyl sites for hydroxylation is 1. The molecule has 0 amide bonds. The Kier molecular flexibility index (Phi) is 4.95. The fourth-order valence-corrected chi connectivity index (χ4v) is 2.58. The van der Waals surface area contributed by atoms with E-state index in [1.807, 2.05) is 0 Å². The quantitative estimate of drug-likeness (QED) is 0.826. The molecule has 1 heterocycles. The maximum absolute atomic E-state index is 11.5. The van der Waals surface area contributed by atoms with Crippen molar-refractivity contribution in [1.29, 1.82) is 0 Å². The van der Waals surface area contributed by atoms with Crippen LogP contribution >= 0.6 is 0 Å². The van der Waals surface area contributed by atoms with E-state index in [2.05, 4.69) is 10.3 Å². The molecule has 1 aliphatic carbocycles. The number of carbonyl (C=O) groups excluding carboxylic acids is 1. The van der Waals surface area contributed by atoms with Gasteiger partial charge < -0.3 is 15.2 Å². The van der Waals surface area contributed by atoms with Gasteiger partial charge in [0, 0.05) is 6.54 Å². The van der Waals surface area contributed by atoms with Gasteiger partial charge in [0.1, 0.15) is 5.82 Å². The van der Waals surface area contributed by atoms with E-state index in [0.717, 1.165) is 38.0 Å². The zero-order valence-electron chi connectivity index (χ0n) is 12.1. The van der Waals surface area contributed by atoms with Crippen molar-refractivity contribution in [2.24, 2.45) is 5.92 Å². The molecule has 110 valence electrons. The average molecular weight is 278 g/mol. The standard InChI is InChI=1S/C15H22N2O3/c1-10-13(15(19)20-2)7-8-14(17-10)16-9-11-3-5-12(18)6-4-11/h7-8,11-12,18H,3-6,9H2,1-2H3,(H,16,17). The number of nitrogens with zero attached hydrogens (tertiary/aromatic N) is 1. The summed E-state index contributed by atoms with van der Waals surface area (Å²) in [4.78, 5) is 15.9. The number of methoxy groups -OCH3 is 1. The summed E-state index contributed by atoms with van der Waals surface area (Å²) in [7, 11) is 1.37. The van der Waals surface area contributed by atoms with Gasteiger partial charge in [0.25, 0.3) is 0 Å². The minimum atomic E-state index is -0.359. The van der Waals surface area contributed by atoms with Gasteiger partial charge in [-0.05, 0) is 50.7 Å². The van der Waals surface area contributed by atoms with Crippen molar-refractivity contribution in [3.05, 3.63) is 23.4 Å². The van der Waals surface area contributed by atoms with E-state index in [1.54, 1.807) is 19.1 Å². The van der Waals surface area contributed by atoms with Crippen LogP contribution in [0.4, 0.5) is 5.82 Å². The number of hydrogen-bond donors (Lipinski definition) is 2. The number of pyridine rings is 1. The van der Waals surface area contributed by atoms with Gasteiger partial charge in [0.05, 0.1) is 24.5 Å². The number of anilines is 1. The van der Waals surface area contributed by atoms with E-state index in [0.29, 0.717) is 17.2 Å². The van der Waals surface area contributed by atoms with E-state index >= 15 is 0 Å². The lowest BCUT2D eigenvalue weighted by atomic mass is 9.87. The minimum Gasteiger partial charge on any atom is -0.465 e. The zero-order valence-corrected chi connectivity index (χ0v) is 12.1. The Morgan fingerprint density at radius 2 is 2.10 bits per heavy atom. The van der Waals surface area contributed by atoms with Crippen molar-refractivity contribution in [1.82, 2.24) is 4.98 Å². The maximum Gasteiger partial charge on any atom is 0.339 e. The van der Waals surface area contributed by atoms with Crippen LogP contribution in [0, 0.1) is 12.8 Å². The lowest BCUT2D eigenvalue weighted by molar-refractivity contribution is 0.0599. The smallest absolute Gasteiger partial charge is 0.339 e. The lowest BCUT2D eigenvalue weighted by Crippen LogP contribution is -2.23. The Balaban J connectivity index is 1.90. The van der Waals surface area contributed by atoms with Crippen molar-refractivity contribution >= 4 is 11.8 Å². The highest BCUT2D eigenvalue weighted by Crippen LogP contribution is 2.24. The largest absolute Gasteiger partial charge is 0.465 e. The van der Waals surface area contributed by atoms with E-state index in [-0.39, 0.29) is 12.1 Å². The number of nitrogens with one attached hydrogen (secondary N) is 1. The monoisotopic (exact) mass is 278 g/mol. The minimum absolute atomic E-state index is 0.119. The molecule has 2 rings (SSSR count). The third-order valence-electron chi connectivity index (χ3n) is 3.88. The van der Waals surface area contributed by atoms with E-state index < -0.39 is 0 Å². The van der Waals surface area contributed by atoms with Gasteiger partial charge in [-0.1, -0.05) is 0 Å². The topological polar surface area (TPSA) is 71.5 Å². The SMILES string of the molecule is COC(=O)c1ccc(NCC2CCC(O)CC2)nc1C. The van der Waals surface area contributed by atoms with E-state index in [9.17, 15) is 9.90 Å². The highest BCUT2D eigenvalue weighted by molar-refractivity contribution is 5.90. The van der Waals surface area contributed by atoms with Gasteiger partial charge in [-0.25, -0.2) is 9.78 Å². The number of aromatic nitrogens is 1. The maximum atomic E-state index is 11.5. The average Bonchev–Trinajstić information content (AvgIpc) is 2.46. The van der Waals surface area contributed by atoms with Gasteiger partial charge in [-0.2, -0.15) is 0 Å². The fourth-order valence-electron chi connectivity index (χ4n) is 2.58. The van der Waals surface area contributed by atoms with Gasteiger partial charge in [0.2, 0.25) is 0 Å². The molecule has 0 spiro atoms. The number of rotatable bonds is 4. The second-order valence-corrected chi connectivity index (χ2v) is 5.38. The molecule has 1 aromatic heterocycles. The molecule has 0 atom stereocenters. The third kappa shape index (κ3) is 3.70. The van der Waals surface area contributed by atoms with Crippen molar-refractivity contribution < 1.29 is 14.6 Å². The predicted octanol–water partition coefficient (Wildman–Crippen LogP) is 2.14. The molecule has 0 aromatic carbocycles. The van der Waals surface area contributed by atoms with Crippen LogP contribution in [0.5, 0.6) is 0 Å². The first kappa shape index (κ1) is 14.8. The van der Waals surface area contributed by atoms with Crippen LogP contribution in [0.15, 0.2) is 12.1 Å². The molecule has 0 saturated heterocycles. The Labute approximate surface area is 119 Å². The van der Waals surface area contributed by atoms with Gasteiger partial charge in [-0.3, -0.25) is 0 Å². The Bertz CT molecular complexity index is 468. The van der Waals surface area contributed by atoms with Gasteiger partial charge in [0.15, 0.2) is 0 Å². The van der Waals surface area contributed by atoms with Crippen molar-refractivity contribution in [3.8, 4) is 0 Å². The molecule has 5 heteroatoms. The normalized spacial score (nSPS) is 22.4. The molecule has 1 saturated carbocycles. The number of aliphatic hydroxyl groups is 1. The molecule has 20 heavy (non-hydrogen) atoms. The molecule has 1 aliphatic rings. The second-order valence-electron chi connectivity index (χ2n) is 5.38. The van der Waals surface area contributed by atoms with Crippen LogP contribution in [-0.2, 0) is 4.74 Å². The third-order valence-corrected chi connectivity index (χ3v) is 3.88. The molecule has 2 N–H and O–H groups in total.